The molecule has 1 unspecified atom stereocenters. The second kappa shape index (κ2) is 7.65. The molecule has 1 aromatic carbocycles. The molecule has 7 heteroatoms. The maximum Gasteiger partial charge on any atom is 0.341 e. The Labute approximate surface area is 144 Å². The molecule has 130 valence electrons. The molecule has 2 amide bonds. The summed E-state index contributed by atoms with van der Waals surface area (Å²) in [5, 5.41) is 5.34. The monoisotopic (exact) mass is 342 g/mol. The van der Waals surface area contributed by atoms with Gasteiger partial charge in [0, 0.05) is 6.54 Å². The average molecular weight is 342 g/mol. The summed E-state index contributed by atoms with van der Waals surface area (Å²) in [7, 11) is 0. The van der Waals surface area contributed by atoms with Gasteiger partial charge in [0.15, 0.2) is 11.9 Å². The number of ether oxygens (including phenoxy) is 1. The van der Waals surface area contributed by atoms with Crippen molar-refractivity contribution in [3.05, 3.63) is 54.0 Å². The van der Waals surface area contributed by atoms with E-state index in [1.807, 2.05) is 0 Å². The summed E-state index contributed by atoms with van der Waals surface area (Å²) >= 11 is 0. The van der Waals surface area contributed by atoms with Gasteiger partial charge in [-0.05, 0) is 43.5 Å². The molecular formula is C18H18N2O5. The highest BCUT2D eigenvalue weighted by Gasteiger charge is 2.26. The number of carbonyl (C=O) groups is 3. The Morgan fingerprint density at radius 2 is 2.00 bits per heavy atom. The lowest BCUT2D eigenvalue weighted by Gasteiger charge is -2.16. The number of rotatable bonds is 4. The molecule has 0 aliphatic carbocycles. The molecule has 25 heavy (non-hydrogen) atoms. The predicted molar refractivity (Wildman–Crippen MR) is 89.2 cm³/mol. The molecule has 2 N–H and O–H groups in total. The Morgan fingerprint density at radius 3 is 2.80 bits per heavy atom. The van der Waals surface area contributed by atoms with Gasteiger partial charge in [-0.1, -0.05) is 12.1 Å². The quantitative estimate of drug-likeness (QED) is 0.831. The summed E-state index contributed by atoms with van der Waals surface area (Å²) in [5.41, 5.74) is 0.474. The Bertz CT molecular complexity index is 770. The van der Waals surface area contributed by atoms with Gasteiger partial charge in [0.1, 0.15) is 0 Å². The zero-order valence-electron chi connectivity index (χ0n) is 13.5. The molecule has 1 aliphatic heterocycles. The van der Waals surface area contributed by atoms with Gasteiger partial charge in [-0.25, -0.2) is 4.79 Å². The fourth-order valence-electron chi connectivity index (χ4n) is 2.58. The van der Waals surface area contributed by atoms with Crippen LogP contribution in [0.15, 0.2) is 47.1 Å². The van der Waals surface area contributed by atoms with Crippen LogP contribution in [0.1, 0.15) is 40.2 Å². The molecule has 0 radical (unpaired) electrons. The van der Waals surface area contributed by atoms with Crippen LogP contribution < -0.4 is 10.6 Å². The second-order valence-corrected chi connectivity index (χ2v) is 5.66. The van der Waals surface area contributed by atoms with Crippen molar-refractivity contribution in [1.82, 2.24) is 5.32 Å². The summed E-state index contributed by atoms with van der Waals surface area (Å²) < 4.78 is 10.4. The van der Waals surface area contributed by atoms with Crippen LogP contribution in [-0.2, 0) is 9.53 Å². The molecule has 2 heterocycles. The van der Waals surface area contributed by atoms with E-state index in [0.717, 1.165) is 12.8 Å². The van der Waals surface area contributed by atoms with Crippen LogP contribution in [0.4, 0.5) is 5.69 Å². The Kier molecular flexibility index (Phi) is 5.13. The number of hydrogen-bond donors (Lipinski definition) is 2. The first-order chi connectivity index (χ1) is 12.1. The summed E-state index contributed by atoms with van der Waals surface area (Å²) in [6, 6.07) is 9.59. The molecule has 7 nitrogen and oxygen atoms in total. The van der Waals surface area contributed by atoms with E-state index in [1.165, 1.54) is 18.4 Å². The van der Waals surface area contributed by atoms with Crippen LogP contribution in [-0.4, -0.2) is 30.4 Å². The molecule has 1 saturated heterocycles. The molecule has 0 saturated carbocycles. The highest BCUT2D eigenvalue weighted by Crippen LogP contribution is 2.20. The van der Waals surface area contributed by atoms with Crippen molar-refractivity contribution in [3.8, 4) is 0 Å². The lowest BCUT2D eigenvalue weighted by atomic mass is 10.1. The van der Waals surface area contributed by atoms with E-state index in [-0.39, 0.29) is 17.2 Å². The fourth-order valence-corrected chi connectivity index (χ4v) is 2.58. The van der Waals surface area contributed by atoms with Gasteiger partial charge in [0.05, 0.1) is 17.5 Å². The van der Waals surface area contributed by atoms with Gasteiger partial charge in [-0.2, -0.15) is 0 Å². The predicted octanol–water partition coefficient (Wildman–Crippen LogP) is 2.36. The lowest BCUT2D eigenvalue weighted by molar-refractivity contribution is -0.129. The minimum atomic E-state index is -0.816. The van der Waals surface area contributed by atoms with Crippen molar-refractivity contribution in [1.29, 1.82) is 0 Å². The second-order valence-electron chi connectivity index (χ2n) is 5.66. The third-order valence-electron chi connectivity index (χ3n) is 3.87. The SMILES string of the molecule is O=C(Nc1ccccc1C(=O)OC1CCCCNC1=O)c1ccco1. The highest BCUT2D eigenvalue weighted by atomic mass is 16.5. The fraction of sp³-hybridized carbons (Fsp3) is 0.278. The van der Waals surface area contributed by atoms with E-state index in [1.54, 1.807) is 24.3 Å². The third kappa shape index (κ3) is 4.06. The smallest absolute Gasteiger partial charge is 0.341 e. The van der Waals surface area contributed by atoms with Crippen molar-refractivity contribution < 1.29 is 23.5 Å². The number of nitrogens with one attached hydrogen (secondary N) is 2. The van der Waals surface area contributed by atoms with Crippen molar-refractivity contribution in [3.63, 3.8) is 0 Å². The van der Waals surface area contributed by atoms with Gasteiger partial charge >= 0.3 is 5.97 Å². The van der Waals surface area contributed by atoms with Crippen molar-refractivity contribution in [2.75, 3.05) is 11.9 Å². The van der Waals surface area contributed by atoms with Gasteiger partial charge < -0.3 is 19.8 Å². The zero-order chi connectivity index (χ0) is 17.6. The average Bonchev–Trinajstić information content (AvgIpc) is 3.08. The van der Waals surface area contributed by atoms with E-state index in [0.29, 0.717) is 18.7 Å². The Hall–Kier alpha value is -3.09. The van der Waals surface area contributed by atoms with Crippen LogP contribution in [0, 0.1) is 0 Å². The molecule has 1 atom stereocenters. The highest BCUT2D eigenvalue weighted by molar-refractivity contribution is 6.07. The Balaban J connectivity index is 1.74. The van der Waals surface area contributed by atoms with E-state index < -0.39 is 18.0 Å². The topological polar surface area (TPSA) is 97.6 Å². The number of para-hydroxylation sites is 1. The first-order valence-corrected chi connectivity index (χ1v) is 8.08. The Morgan fingerprint density at radius 1 is 1.16 bits per heavy atom. The van der Waals surface area contributed by atoms with Gasteiger partial charge in [-0.3, -0.25) is 9.59 Å². The maximum absolute atomic E-state index is 12.5. The van der Waals surface area contributed by atoms with E-state index >= 15 is 0 Å². The summed E-state index contributed by atoms with van der Waals surface area (Å²) in [5.74, 6) is -1.29. The van der Waals surface area contributed by atoms with E-state index in [2.05, 4.69) is 10.6 Å². The largest absolute Gasteiger partial charge is 0.459 e. The number of esters is 1. The van der Waals surface area contributed by atoms with Crippen molar-refractivity contribution >= 4 is 23.5 Å². The van der Waals surface area contributed by atoms with Gasteiger partial charge in [-0.15, -0.1) is 0 Å². The van der Waals surface area contributed by atoms with E-state index in [4.69, 9.17) is 9.15 Å². The van der Waals surface area contributed by atoms with Crippen molar-refractivity contribution in [2.24, 2.45) is 0 Å². The number of anilines is 1. The molecule has 1 aliphatic rings. The maximum atomic E-state index is 12.5. The first-order valence-electron chi connectivity index (χ1n) is 8.08. The van der Waals surface area contributed by atoms with Crippen LogP contribution in [0.5, 0.6) is 0 Å². The number of hydrogen-bond acceptors (Lipinski definition) is 5. The van der Waals surface area contributed by atoms with Gasteiger partial charge in [0.2, 0.25) is 0 Å². The van der Waals surface area contributed by atoms with E-state index in [9.17, 15) is 14.4 Å². The molecule has 3 rings (SSSR count). The van der Waals surface area contributed by atoms with Crippen LogP contribution in [0.2, 0.25) is 0 Å². The molecule has 1 fully saturated rings. The number of carbonyl (C=O) groups excluding carboxylic acids is 3. The zero-order valence-corrected chi connectivity index (χ0v) is 13.5. The minimum absolute atomic E-state index is 0.131. The summed E-state index contributed by atoms with van der Waals surface area (Å²) in [4.78, 5) is 36.5. The van der Waals surface area contributed by atoms with Crippen LogP contribution >= 0.6 is 0 Å². The molecule has 2 aromatic rings. The minimum Gasteiger partial charge on any atom is -0.459 e. The normalized spacial score (nSPS) is 17.3. The summed E-state index contributed by atoms with van der Waals surface area (Å²) in [6.45, 7) is 0.586. The standard InChI is InChI=1S/C18H18N2O5/c21-16-15(8-3-4-10-19-16)25-18(23)12-6-1-2-7-13(12)20-17(22)14-9-5-11-24-14/h1-2,5-7,9,11,15H,3-4,8,10H2,(H,19,21)(H,20,22). The van der Waals surface area contributed by atoms with Gasteiger partial charge in [0.25, 0.3) is 11.8 Å². The molecule has 0 spiro atoms. The first kappa shape index (κ1) is 16.8. The molecular weight excluding hydrogens is 324 g/mol. The third-order valence-corrected chi connectivity index (χ3v) is 3.87. The van der Waals surface area contributed by atoms with Crippen LogP contribution in [0.3, 0.4) is 0 Å². The molecule has 1 aromatic heterocycles. The number of amides is 2. The summed E-state index contributed by atoms with van der Waals surface area (Å²) in [6.07, 6.45) is 2.71. The number of furan rings is 1. The lowest BCUT2D eigenvalue weighted by Crippen LogP contribution is -2.36. The van der Waals surface area contributed by atoms with Crippen molar-refractivity contribution in [2.45, 2.75) is 25.4 Å². The van der Waals surface area contributed by atoms with Crippen LogP contribution in [0.25, 0.3) is 0 Å². The molecule has 0 bridgehead atoms. The number of benzene rings is 1.